The fraction of sp³-hybridized carbons (Fsp3) is 0.370. The standard InChI is InChI=1S/C27H32N4O4/c1-28-22(27(32)33)13-18-7-10-20(11-8-18)23-16-31-26(17-29-23)30-15-19-9-12-24(34-2)25(14-19)35-21-5-3-4-6-21/h7-12,14,16-17,21-22,28H,3-6,13,15H2,1-2H3,(H,30,31)(H,32,33)/t22-/m0/s1. The molecule has 1 aliphatic rings. The summed E-state index contributed by atoms with van der Waals surface area (Å²) in [5.41, 5.74) is 3.69. The average Bonchev–Trinajstić information content (AvgIpc) is 3.40. The molecule has 1 heterocycles. The molecule has 3 N–H and O–H groups in total. The molecule has 1 fully saturated rings. The molecule has 0 aliphatic heterocycles. The quantitative estimate of drug-likeness (QED) is 0.376. The molecule has 8 nitrogen and oxygen atoms in total. The Labute approximate surface area is 205 Å². The molecule has 4 rings (SSSR count). The van der Waals surface area contributed by atoms with Gasteiger partial charge in [-0.3, -0.25) is 9.78 Å². The Kier molecular flexibility index (Phi) is 8.15. The minimum atomic E-state index is -0.863. The van der Waals surface area contributed by atoms with Gasteiger partial charge in [0.1, 0.15) is 11.9 Å². The van der Waals surface area contributed by atoms with Crippen LogP contribution in [-0.4, -0.2) is 47.3 Å². The molecule has 1 aromatic heterocycles. The molecule has 184 valence electrons. The lowest BCUT2D eigenvalue weighted by molar-refractivity contribution is -0.139. The van der Waals surface area contributed by atoms with Gasteiger partial charge in [0.25, 0.3) is 0 Å². The van der Waals surface area contributed by atoms with Gasteiger partial charge in [-0.25, -0.2) is 4.98 Å². The summed E-state index contributed by atoms with van der Waals surface area (Å²) in [7, 11) is 3.31. The Morgan fingerprint density at radius 2 is 1.80 bits per heavy atom. The molecule has 0 radical (unpaired) electrons. The van der Waals surface area contributed by atoms with Crippen molar-refractivity contribution >= 4 is 11.8 Å². The number of benzene rings is 2. The summed E-state index contributed by atoms with van der Waals surface area (Å²) in [5, 5.41) is 15.3. The van der Waals surface area contributed by atoms with Crippen LogP contribution in [0, 0.1) is 0 Å². The maximum absolute atomic E-state index is 11.2. The molecule has 0 bridgehead atoms. The van der Waals surface area contributed by atoms with Crippen molar-refractivity contribution in [2.24, 2.45) is 0 Å². The first-order valence-corrected chi connectivity index (χ1v) is 11.9. The monoisotopic (exact) mass is 476 g/mol. The van der Waals surface area contributed by atoms with E-state index in [4.69, 9.17) is 9.47 Å². The number of methoxy groups -OCH3 is 1. The number of aliphatic carboxylic acids is 1. The fourth-order valence-electron chi connectivity index (χ4n) is 4.23. The molecule has 3 aromatic rings. The van der Waals surface area contributed by atoms with E-state index in [9.17, 15) is 9.90 Å². The molecule has 1 saturated carbocycles. The average molecular weight is 477 g/mol. The normalized spacial score (nSPS) is 14.5. The molecule has 0 unspecified atom stereocenters. The summed E-state index contributed by atoms with van der Waals surface area (Å²) in [5.74, 6) is 1.35. The maximum Gasteiger partial charge on any atom is 0.321 e. The van der Waals surface area contributed by atoms with Gasteiger partial charge in [-0.05, 0) is 62.4 Å². The predicted octanol–water partition coefficient (Wildman–Crippen LogP) is 4.30. The minimum absolute atomic E-state index is 0.265. The SMILES string of the molecule is CN[C@@H](Cc1ccc(-c2cnc(NCc3ccc(OC)c(OC4CCCC4)c3)cn2)cc1)C(=O)O. The Bertz CT molecular complexity index is 1110. The number of nitrogens with one attached hydrogen (secondary N) is 2. The van der Waals surface area contributed by atoms with Crippen LogP contribution in [0.25, 0.3) is 11.3 Å². The van der Waals surface area contributed by atoms with E-state index in [0.29, 0.717) is 18.8 Å². The maximum atomic E-state index is 11.2. The molecule has 2 aromatic carbocycles. The number of aromatic nitrogens is 2. The molecule has 35 heavy (non-hydrogen) atoms. The van der Waals surface area contributed by atoms with Crippen LogP contribution in [0.4, 0.5) is 5.82 Å². The number of carboxylic acid groups (broad SMARTS) is 1. The highest BCUT2D eigenvalue weighted by atomic mass is 16.5. The van der Waals surface area contributed by atoms with Crippen LogP contribution >= 0.6 is 0 Å². The summed E-state index contributed by atoms with van der Waals surface area (Å²) < 4.78 is 11.7. The van der Waals surface area contributed by atoms with Gasteiger partial charge in [0, 0.05) is 12.1 Å². The second kappa shape index (κ2) is 11.7. The molecular formula is C27H32N4O4. The van der Waals surface area contributed by atoms with Crippen LogP contribution in [0.3, 0.4) is 0 Å². The number of likely N-dealkylation sites (N-methyl/N-ethyl adjacent to an activating group) is 1. The predicted molar refractivity (Wildman–Crippen MR) is 135 cm³/mol. The topological polar surface area (TPSA) is 106 Å². The lowest BCUT2D eigenvalue weighted by Crippen LogP contribution is -2.35. The molecule has 0 amide bonds. The van der Waals surface area contributed by atoms with Crippen molar-refractivity contribution < 1.29 is 19.4 Å². The van der Waals surface area contributed by atoms with Gasteiger partial charge in [0.2, 0.25) is 0 Å². The molecule has 0 spiro atoms. The van der Waals surface area contributed by atoms with E-state index >= 15 is 0 Å². The van der Waals surface area contributed by atoms with Crippen LogP contribution < -0.4 is 20.1 Å². The van der Waals surface area contributed by atoms with E-state index in [2.05, 4.69) is 20.6 Å². The van der Waals surface area contributed by atoms with Crippen LogP contribution in [0.15, 0.2) is 54.9 Å². The van der Waals surface area contributed by atoms with E-state index in [0.717, 1.165) is 46.7 Å². The molecule has 8 heteroatoms. The Morgan fingerprint density at radius 3 is 2.43 bits per heavy atom. The highest BCUT2D eigenvalue weighted by Crippen LogP contribution is 2.32. The van der Waals surface area contributed by atoms with E-state index in [-0.39, 0.29) is 6.10 Å². The number of nitrogens with zero attached hydrogens (tertiary/aromatic N) is 2. The first-order valence-electron chi connectivity index (χ1n) is 11.9. The first kappa shape index (κ1) is 24.5. The van der Waals surface area contributed by atoms with Gasteiger partial charge in [-0.1, -0.05) is 30.3 Å². The van der Waals surface area contributed by atoms with Crippen molar-refractivity contribution in [1.29, 1.82) is 0 Å². The zero-order chi connectivity index (χ0) is 24.6. The summed E-state index contributed by atoms with van der Waals surface area (Å²) in [6.45, 7) is 0.587. The van der Waals surface area contributed by atoms with E-state index in [1.807, 2.05) is 42.5 Å². The van der Waals surface area contributed by atoms with Crippen molar-refractivity contribution in [2.45, 2.75) is 50.8 Å². The highest BCUT2D eigenvalue weighted by molar-refractivity contribution is 5.74. The summed E-state index contributed by atoms with van der Waals surface area (Å²) in [6, 6.07) is 13.1. The van der Waals surface area contributed by atoms with Gasteiger partial charge in [0.15, 0.2) is 11.5 Å². The zero-order valence-electron chi connectivity index (χ0n) is 20.2. The van der Waals surface area contributed by atoms with E-state index in [1.165, 1.54) is 12.8 Å². The van der Waals surface area contributed by atoms with E-state index < -0.39 is 12.0 Å². The van der Waals surface area contributed by atoms with Crippen molar-refractivity contribution in [3.63, 3.8) is 0 Å². The Hall–Kier alpha value is -3.65. The second-order valence-electron chi connectivity index (χ2n) is 8.73. The molecule has 1 aliphatic carbocycles. The van der Waals surface area contributed by atoms with Gasteiger partial charge < -0.3 is 25.2 Å². The summed E-state index contributed by atoms with van der Waals surface area (Å²) in [6.07, 6.45) is 8.74. The third kappa shape index (κ3) is 6.48. The Morgan fingerprint density at radius 1 is 1.06 bits per heavy atom. The Balaban J connectivity index is 1.36. The fourth-order valence-corrected chi connectivity index (χ4v) is 4.23. The molecular weight excluding hydrogens is 444 g/mol. The zero-order valence-corrected chi connectivity index (χ0v) is 20.2. The first-order chi connectivity index (χ1) is 17.1. The number of hydrogen-bond donors (Lipinski definition) is 3. The highest BCUT2D eigenvalue weighted by Gasteiger charge is 2.19. The number of carbonyl (C=O) groups is 1. The van der Waals surface area contributed by atoms with Crippen LogP contribution in [0.2, 0.25) is 0 Å². The minimum Gasteiger partial charge on any atom is -0.493 e. The third-order valence-corrected chi connectivity index (χ3v) is 6.29. The largest absolute Gasteiger partial charge is 0.493 e. The summed E-state index contributed by atoms with van der Waals surface area (Å²) in [4.78, 5) is 20.2. The van der Waals surface area contributed by atoms with Crippen molar-refractivity contribution in [2.75, 3.05) is 19.5 Å². The van der Waals surface area contributed by atoms with Gasteiger partial charge >= 0.3 is 5.97 Å². The number of rotatable bonds is 11. The molecule has 0 saturated heterocycles. The van der Waals surface area contributed by atoms with Gasteiger partial charge in [-0.2, -0.15) is 0 Å². The molecule has 1 atom stereocenters. The lowest BCUT2D eigenvalue weighted by atomic mass is 10.0. The lowest BCUT2D eigenvalue weighted by Gasteiger charge is -2.17. The van der Waals surface area contributed by atoms with Crippen molar-refractivity contribution in [1.82, 2.24) is 15.3 Å². The van der Waals surface area contributed by atoms with Gasteiger partial charge in [0.05, 0.1) is 31.3 Å². The van der Waals surface area contributed by atoms with Gasteiger partial charge in [-0.15, -0.1) is 0 Å². The number of ether oxygens (including phenoxy) is 2. The van der Waals surface area contributed by atoms with Crippen molar-refractivity contribution in [3.05, 3.63) is 66.0 Å². The van der Waals surface area contributed by atoms with Crippen LogP contribution in [0.1, 0.15) is 36.8 Å². The smallest absolute Gasteiger partial charge is 0.321 e. The van der Waals surface area contributed by atoms with Crippen LogP contribution in [0.5, 0.6) is 11.5 Å². The third-order valence-electron chi connectivity index (χ3n) is 6.29. The van der Waals surface area contributed by atoms with Crippen LogP contribution in [-0.2, 0) is 17.8 Å². The number of anilines is 1. The number of carboxylic acids is 1. The van der Waals surface area contributed by atoms with E-state index in [1.54, 1.807) is 26.6 Å². The van der Waals surface area contributed by atoms with Crippen molar-refractivity contribution in [3.8, 4) is 22.8 Å². The summed E-state index contributed by atoms with van der Waals surface area (Å²) >= 11 is 0. The second-order valence-corrected chi connectivity index (χ2v) is 8.73. The number of hydrogen-bond acceptors (Lipinski definition) is 7.